The van der Waals surface area contributed by atoms with Crippen molar-refractivity contribution in [1.29, 1.82) is 0 Å². The zero-order valence-corrected chi connectivity index (χ0v) is 11.4. The Bertz CT molecular complexity index is 141. The highest BCUT2D eigenvalue weighted by atomic mass is 127. The van der Waals surface area contributed by atoms with E-state index >= 15 is 0 Å². The van der Waals surface area contributed by atoms with Gasteiger partial charge in [-0.05, 0) is 20.8 Å². The highest BCUT2D eigenvalue weighted by Crippen LogP contribution is 2.32. The fraction of sp³-hybridized carbons (Fsp3) is 1.00. The fourth-order valence-electron chi connectivity index (χ4n) is 1.56. The van der Waals surface area contributed by atoms with Gasteiger partial charge in [-0.15, -0.1) is 12.9 Å². The molecule has 0 heterocycles. The van der Waals surface area contributed by atoms with Crippen molar-refractivity contribution in [3.05, 3.63) is 0 Å². The first-order valence-electron chi connectivity index (χ1n) is 4.08. The van der Waals surface area contributed by atoms with Gasteiger partial charge in [-0.2, -0.15) is 0 Å². The summed E-state index contributed by atoms with van der Waals surface area (Å²) in [5.74, 6) is 0. The normalized spacial score (nSPS) is 14.5. The largest absolute Gasteiger partial charge is 0.297 e. The van der Waals surface area contributed by atoms with Crippen LogP contribution in [0.3, 0.4) is 0 Å². The summed E-state index contributed by atoms with van der Waals surface area (Å²) in [5, 5.41) is 4.39. The minimum Gasteiger partial charge on any atom is -0.134 e. The van der Waals surface area contributed by atoms with E-state index in [0.29, 0.717) is 0 Å². The van der Waals surface area contributed by atoms with Crippen molar-refractivity contribution in [3.63, 3.8) is 0 Å². The minimum absolute atomic E-state index is 0.174. The van der Waals surface area contributed by atoms with Crippen molar-refractivity contribution < 1.29 is 2.91 Å². The first-order valence-corrected chi connectivity index (χ1v) is 5.05. The second-order valence-electron chi connectivity index (χ2n) is 4.39. The van der Waals surface area contributed by atoms with E-state index in [1.165, 1.54) is 0 Å². The van der Waals surface area contributed by atoms with Crippen LogP contribution < -0.4 is 0 Å². The molecule has 0 aromatic carbocycles. The van der Waals surface area contributed by atoms with Crippen molar-refractivity contribution in [2.75, 3.05) is 28.2 Å². The minimum atomic E-state index is 0.174. The molecule has 0 fully saturated rings. The van der Waals surface area contributed by atoms with Crippen LogP contribution in [0, 0.1) is 0 Å². The summed E-state index contributed by atoms with van der Waals surface area (Å²) in [4.78, 5) is 0. The molecule has 0 aliphatic heterocycles. The van der Waals surface area contributed by atoms with Crippen LogP contribution in [0.15, 0.2) is 0 Å². The Morgan fingerprint density at radius 3 is 1.17 bits per heavy atom. The molecule has 0 aliphatic rings. The van der Waals surface area contributed by atoms with Gasteiger partial charge in [0, 0.05) is 28.2 Å². The van der Waals surface area contributed by atoms with Gasteiger partial charge in [0.25, 0.3) is 22.9 Å². The highest BCUT2D eigenvalue weighted by molar-refractivity contribution is 14.1. The van der Waals surface area contributed by atoms with Crippen LogP contribution in [0.2, 0.25) is 0 Å². The van der Waals surface area contributed by atoms with Gasteiger partial charge >= 0.3 is 0 Å². The molecule has 0 saturated carbocycles. The molecule has 0 N–H and O–H groups in total. The summed E-state index contributed by atoms with van der Waals surface area (Å²) in [7, 11) is 8.38. The maximum Gasteiger partial charge on any atom is 0.297 e. The predicted molar refractivity (Wildman–Crippen MR) is 61.4 cm³/mol. The zero-order valence-electron chi connectivity index (χ0n) is 9.22. The summed E-state index contributed by atoms with van der Waals surface area (Å²) in [6.07, 6.45) is 0. The smallest absolute Gasteiger partial charge is 0.134 e. The lowest BCUT2D eigenvalue weighted by molar-refractivity contribution is -1.01. The second-order valence-corrected chi connectivity index (χ2v) is 5.74. The highest BCUT2D eigenvalue weighted by Gasteiger charge is 2.44. The molecular formula is C8H21IN3+. The van der Waals surface area contributed by atoms with Crippen LogP contribution >= 0.6 is 22.9 Å². The molecule has 0 radical (unpaired) electrons. The number of rotatable bonds is 2. The molecule has 0 aromatic rings. The van der Waals surface area contributed by atoms with Crippen LogP contribution in [-0.2, 0) is 0 Å². The van der Waals surface area contributed by atoms with E-state index in [9.17, 15) is 0 Å². The fourth-order valence-corrected chi connectivity index (χ4v) is 1.56. The van der Waals surface area contributed by atoms with E-state index in [0.717, 1.165) is 2.91 Å². The van der Waals surface area contributed by atoms with Gasteiger partial charge in [0.1, 0.15) is 5.54 Å². The third-order valence-electron chi connectivity index (χ3n) is 1.91. The third-order valence-corrected chi connectivity index (χ3v) is 5.09. The molecule has 12 heavy (non-hydrogen) atoms. The second kappa shape index (κ2) is 3.77. The average Bonchev–Trinajstić information content (AvgIpc) is 1.82. The SMILES string of the molecule is CN(C)[N+](I)(N(C)C)C(C)(C)C. The Balaban J connectivity index is 4.89. The Morgan fingerprint density at radius 1 is 0.917 bits per heavy atom. The lowest BCUT2D eigenvalue weighted by atomic mass is 10.1. The van der Waals surface area contributed by atoms with E-state index in [4.69, 9.17) is 0 Å². The zero-order chi connectivity index (χ0) is 10.2. The van der Waals surface area contributed by atoms with Crippen molar-refractivity contribution in [3.8, 4) is 0 Å². The quantitative estimate of drug-likeness (QED) is 0.434. The van der Waals surface area contributed by atoms with E-state index in [2.05, 4.69) is 81.8 Å². The van der Waals surface area contributed by atoms with Crippen molar-refractivity contribution >= 4 is 22.9 Å². The van der Waals surface area contributed by atoms with Crippen molar-refractivity contribution in [2.24, 2.45) is 0 Å². The standard InChI is InChI=1S/C8H21IN3/c1-8(2,3)12(9,10(4)5)11(6)7/h1-7H3/q+1. The molecule has 3 nitrogen and oxygen atoms in total. The van der Waals surface area contributed by atoms with Gasteiger partial charge in [-0.3, -0.25) is 0 Å². The number of nitrogens with zero attached hydrogens (tertiary/aromatic N) is 3. The van der Waals surface area contributed by atoms with Gasteiger partial charge in [-0.25, -0.2) is 0 Å². The molecule has 0 rings (SSSR count). The Labute approximate surface area is 90.3 Å². The summed E-state index contributed by atoms with van der Waals surface area (Å²) < 4.78 is 0.769. The van der Waals surface area contributed by atoms with Crippen LogP contribution in [-0.4, -0.2) is 46.7 Å². The molecule has 0 aromatic heterocycles. The monoisotopic (exact) mass is 286 g/mol. The van der Waals surface area contributed by atoms with Gasteiger partial charge in [0.05, 0.1) is 0 Å². The molecule has 0 unspecified atom stereocenters. The number of quaternary nitrogens is 1. The van der Waals surface area contributed by atoms with Gasteiger partial charge in [0.2, 0.25) is 0 Å². The first-order chi connectivity index (χ1) is 5.14. The summed E-state index contributed by atoms with van der Waals surface area (Å²) in [6.45, 7) is 6.71. The molecule has 74 valence electrons. The third kappa shape index (κ3) is 2.10. The maximum atomic E-state index is 2.45. The molecule has 4 heteroatoms. The molecule has 0 amide bonds. The van der Waals surface area contributed by atoms with Gasteiger partial charge in [-0.1, -0.05) is 0 Å². The first kappa shape index (κ1) is 12.6. The van der Waals surface area contributed by atoms with Crippen LogP contribution in [0.1, 0.15) is 20.8 Å². The average molecular weight is 286 g/mol. The molecule has 0 spiro atoms. The number of halogens is 1. The van der Waals surface area contributed by atoms with E-state index in [-0.39, 0.29) is 5.54 Å². The Morgan fingerprint density at radius 2 is 1.17 bits per heavy atom. The summed E-state index contributed by atoms with van der Waals surface area (Å²) in [6, 6.07) is 0. The van der Waals surface area contributed by atoms with Gasteiger partial charge < -0.3 is 0 Å². The molecule has 0 atom stereocenters. The van der Waals surface area contributed by atoms with Crippen molar-refractivity contribution in [2.45, 2.75) is 26.3 Å². The predicted octanol–water partition coefficient (Wildman–Crippen LogP) is 1.90. The Kier molecular flexibility index (Phi) is 3.97. The van der Waals surface area contributed by atoms with Crippen molar-refractivity contribution in [1.82, 2.24) is 10.0 Å². The molecular weight excluding hydrogens is 265 g/mol. The van der Waals surface area contributed by atoms with E-state index in [1.54, 1.807) is 0 Å². The number of hydrogen-bond acceptors (Lipinski definition) is 2. The van der Waals surface area contributed by atoms with Crippen LogP contribution in [0.4, 0.5) is 0 Å². The summed E-state index contributed by atoms with van der Waals surface area (Å²) >= 11 is 2.45. The van der Waals surface area contributed by atoms with Crippen LogP contribution in [0.5, 0.6) is 0 Å². The lowest BCUT2D eigenvalue weighted by Gasteiger charge is -2.48. The Hall–Kier alpha value is 0.610. The molecule has 0 bridgehead atoms. The van der Waals surface area contributed by atoms with Gasteiger partial charge in [0.15, 0.2) is 0 Å². The maximum absolute atomic E-state index is 2.45. The van der Waals surface area contributed by atoms with Crippen LogP contribution in [0.25, 0.3) is 0 Å². The topological polar surface area (TPSA) is 6.48 Å². The molecule has 0 aliphatic carbocycles. The van der Waals surface area contributed by atoms with E-state index < -0.39 is 0 Å². The van der Waals surface area contributed by atoms with E-state index in [1.807, 2.05) is 0 Å². The lowest BCUT2D eigenvalue weighted by Crippen LogP contribution is -2.66. The summed E-state index contributed by atoms with van der Waals surface area (Å²) in [5.41, 5.74) is 0.174. The molecule has 0 saturated heterocycles. The number of hydrogen-bond donors (Lipinski definition) is 0.